The Kier molecular flexibility index (Phi) is 4.98. The van der Waals surface area contributed by atoms with Crippen molar-refractivity contribution >= 4 is 5.69 Å². The zero-order chi connectivity index (χ0) is 14.6. The number of rotatable bonds is 5. The molecule has 5 nitrogen and oxygen atoms in total. The number of benzene rings is 1. The van der Waals surface area contributed by atoms with Crippen LogP contribution in [-0.2, 0) is 0 Å². The second kappa shape index (κ2) is 6.09. The maximum Gasteiger partial charge on any atom is 0.573 e. The van der Waals surface area contributed by atoms with Crippen LogP contribution in [0.5, 0.6) is 5.75 Å². The third-order valence-corrected chi connectivity index (χ3v) is 2.39. The van der Waals surface area contributed by atoms with Crippen LogP contribution in [0.4, 0.5) is 18.9 Å². The molecule has 0 bridgehead atoms. The van der Waals surface area contributed by atoms with E-state index in [2.05, 4.69) is 4.74 Å². The number of hydrogen-bond acceptors (Lipinski definition) is 5. The van der Waals surface area contributed by atoms with Crippen LogP contribution in [0.1, 0.15) is 18.1 Å². The molecule has 5 N–H and O–H groups in total. The lowest BCUT2D eigenvalue weighted by Crippen LogP contribution is -2.21. The average molecular weight is 281 g/mol. The van der Waals surface area contributed by atoms with Gasteiger partial charge in [-0.2, -0.15) is 0 Å². The van der Waals surface area contributed by atoms with Crippen molar-refractivity contribution < 1.29 is 33.2 Å². The van der Waals surface area contributed by atoms with Crippen LogP contribution in [-0.4, -0.2) is 34.4 Å². The standard InChI is InChI=1S/C11H14F3NO4/c12-11(13,14)19-9-5-6(1-2-7(9)15)10(18)8(17)3-4-16/h1-2,5,8,10,16-18H,3-4,15H2. The fraction of sp³-hybridized carbons (Fsp3) is 0.455. The lowest BCUT2D eigenvalue weighted by Gasteiger charge is -2.19. The van der Waals surface area contributed by atoms with Gasteiger partial charge in [0.25, 0.3) is 0 Å². The Morgan fingerprint density at radius 3 is 2.42 bits per heavy atom. The summed E-state index contributed by atoms with van der Waals surface area (Å²) in [6.07, 6.45) is -7.75. The Morgan fingerprint density at radius 2 is 1.89 bits per heavy atom. The van der Waals surface area contributed by atoms with Gasteiger partial charge in [0, 0.05) is 6.61 Å². The molecule has 1 aromatic carbocycles. The predicted molar refractivity (Wildman–Crippen MR) is 60.2 cm³/mol. The highest BCUT2D eigenvalue weighted by molar-refractivity contribution is 5.54. The lowest BCUT2D eigenvalue weighted by molar-refractivity contribution is -0.274. The van der Waals surface area contributed by atoms with Crippen molar-refractivity contribution in [2.45, 2.75) is 25.0 Å². The van der Waals surface area contributed by atoms with E-state index in [0.29, 0.717) is 0 Å². The van der Waals surface area contributed by atoms with Crippen LogP contribution in [0.25, 0.3) is 0 Å². The Balaban J connectivity index is 2.95. The van der Waals surface area contributed by atoms with Crippen molar-refractivity contribution in [3.8, 4) is 5.75 Å². The van der Waals surface area contributed by atoms with Crippen LogP contribution in [0.3, 0.4) is 0 Å². The SMILES string of the molecule is Nc1ccc(C(O)C(O)CCO)cc1OC(F)(F)F. The first-order valence-electron chi connectivity index (χ1n) is 5.36. The fourth-order valence-electron chi connectivity index (χ4n) is 1.46. The van der Waals surface area contributed by atoms with Crippen LogP contribution in [0, 0.1) is 0 Å². The van der Waals surface area contributed by atoms with E-state index in [1.165, 1.54) is 6.07 Å². The molecule has 19 heavy (non-hydrogen) atoms. The number of nitrogens with two attached hydrogens (primary N) is 1. The van der Waals surface area contributed by atoms with Crippen molar-refractivity contribution in [1.29, 1.82) is 0 Å². The molecule has 0 saturated heterocycles. The molecule has 108 valence electrons. The molecular weight excluding hydrogens is 267 g/mol. The van der Waals surface area contributed by atoms with E-state index in [4.69, 9.17) is 10.8 Å². The first-order chi connectivity index (χ1) is 8.74. The predicted octanol–water partition coefficient (Wildman–Crippen LogP) is 0.944. The lowest BCUT2D eigenvalue weighted by atomic mass is 10.0. The molecule has 8 heteroatoms. The van der Waals surface area contributed by atoms with E-state index in [0.717, 1.165) is 12.1 Å². The van der Waals surface area contributed by atoms with Gasteiger partial charge in [0.05, 0.1) is 11.8 Å². The van der Waals surface area contributed by atoms with Gasteiger partial charge in [0.1, 0.15) is 6.10 Å². The minimum absolute atomic E-state index is 0.00870. The molecule has 1 rings (SSSR count). The van der Waals surface area contributed by atoms with Gasteiger partial charge in [-0.25, -0.2) is 0 Å². The monoisotopic (exact) mass is 281 g/mol. The second-order valence-electron chi connectivity index (χ2n) is 3.87. The topological polar surface area (TPSA) is 95.9 Å². The molecule has 0 fully saturated rings. The normalized spacial score (nSPS) is 15.1. The summed E-state index contributed by atoms with van der Waals surface area (Å²) in [7, 11) is 0. The van der Waals surface area contributed by atoms with Crippen LogP contribution in [0.15, 0.2) is 18.2 Å². The van der Waals surface area contributed by atoms with Crippen molar-refractivity contribution in [3.63, 3.8) is 0 Å². The molecule has 0 spiro atoms. The molecule has 0 heterocycles. The number of hydrogen-bond donors (Lipinski definition) is 4. The van der Waals surface area contributed by atoms with E-state index < -0.39 is 24.3 Å². The summed E-state index contributed by atoms with van der Waals surface area (Å²) >= 11 is 0. The van der Waals surface area contributed by atoms with Crippen molar-refractivity contribution in [2.24, 2.45) is 0 Å². The molecule has 0 amide bonds. The molecule has 0 aliphatic carbocycles. The molecule has 0 aromatic heterocycles. The summed E-state index contributed by atoms with van der Waals surface area (Å²) in [5.41, 5.74) is 5.09. The van der Waals surface area contributed by atoms with Crippen LogP contribution in [0.2, 0.25) is 0 Å². The van der Waals surface area contributed by atoms with E-state index >= 15 is 0 Å². The summed E-state index contributed by atoms with van der Waals surface area (Å²) in [5.74, 6) is -0.653. The minimum atomic E-state index is -4.90. The van der Waals surface area contributed by atoms with E-state index in [-0.39, 0.29) is 24.3 Å². The Hall–Kier alpha value is -1.51. The summed E-state index contributed by atoms with van der Waals surface area (Å²) < 4.78 is 40.0. The summed E-state index contributed by atoms with van der Waals surface area (Å²) in [6, 6.07) is 3.29. The third-order valence-electron chi connectivity index (χ3n) is 2.39. The van der Waals surface area contributed by atoms with Gasteiger partial charge < -0.3 is 25.8 Å². The number of ether oxygens (including phenoxy) is 1. The van der Waals surface area contributed by atoms with Crippen molar-refractivity contribution in [3.05, 3.63) is 23.8 Å². The fourth-order valence-corrected chi connectivity index (χ4v) is 1.46. The summed E-state index contributed by atoms with van der Waals surface area (Å²) in [5, 5.41) is 27.8. The highest BCUT2D eigenvalue weighted by atomic mass is 19.4. The molecule has 0 saturated carbocycles. The molecule has 0 aliphatic heterocycles. The zero-order valence-corrected chi connectivity index (χ0v) is 9.76. The second-order valence-corrected chi connectivity index (χ2v) is 3.87. The number of anilines is 1. The van der Waals surface area contributed by atoms with Gasteiger partial charge in [-0.1, -0.05) is 6.07 Å². The first kappa shape index (κ1) is 15.5. The minimum Gasteiger partial charge on any atom is -0.404 e. The average Bonchev–Trinajstić information content (AvgIpc) is 2.29. The number of nitrogen functional groups attached to an aromatic ring is 1. The maximum absolute atomic E-state index is 12.1. The molecule has 2 unspecified atom stereocenters. The number of aliphatic hydroxyl groups is 3. The van der Waals surface area contributed by atoms with Gasteiger partial charge in [-0.15, -0.1) is 13.2 Å². The molecule has 2 atom stereocenters. The van der Waals surface area contributed by atoms with Crippen LogP contribution < -0.4 is 10.5 Å². The molecule has 0 aliphatic rings. The van der Waals surface area contributed by atoms with E-state index in [1.54, 1.807) is 0 Å². The van der Waals surface area contributed by atoms with Gasteiger partial charge in [0.15, 0.2) is 5.75 Å². The van der Waals surface area contributed by atoms with E-state index in [1.807, 2.05) is 0 Å². The number of halogens is 3. The zero-order valence-electron chi connectivity index (χ0n) is 9.76. The third kappa shape index (κ3) is 4.58. The Bertz CT molecular complexity index is 425. The number of aliphatic hydroxyl groups excluding tert-OH is 3. The van der Waals surface area contributed by atoms with Gasteiger partial charge in [-0.05, 0) is 24.1 Å². The summed E-state index contributed by atoms with van der Waals surface area (Å²) in [4.78, 5) is 0. The molecule has 1 aromatic rings. The highest BCUT2D eigenvalue weighted by Gasteiger charge is 2.32. The summed E-state index contributed by atoms with van der Waals surface area (Å²) in [6.45, 7) is -0.362. The largest absolute Gasteiger partial charge is 0.573 e. The first-order valence-corrected chi connectivity index (χ1v) is 5.36. The quantitative estimate of drug-likeness (QED) is 0.602. The molecule has 0 radical (unpaired) electrons. The van der Waals surface area contributed by atoms with E-state index in [9.17, 15) is 23.4 Å². The van der Waals surface area contributed by atoms with Crippen molar-refractivity contribution in [1.82, 2.24) is 0 Å². The van der Waals surface area contributed by atoms with Gasteiger partial charge in [0.2, 0.25) is 0 Å². The van der Waals surface area contributed by atoms with Crippen molar-refractivity contribution in [2.75, 3.05) is 12.3 Å². The Morgan fingerprint density at radius 1 is 1.26 bits per heavy atom. The van der Waals surface area contributed by atoms with Crippen LogP contribution >= 0.6 is 0 Å². The van der Waals surface area contributed by atoms with Gasteiger partial charge in [-0.3, -0.25) is 0 Å². The smallest absolute Gasteiger partial charge is 0.404 e. The highest BCUT2D eigenvalue weighted by Crippen LogP contribution is 2.32. The Labute approximate surface area is 107 Å². The van der Waals surface area contributed by atoms with Gasteiger partial charge >= 0.3 is 6.36 Å². The maximum atomic E-state index is 12.1. The number of alkyl halides is 3. The molecular formula is C11H14F3NO4.